The summed E-state index contributed by atoms with van der Waals surface area (Å²) in [4.78, 5) is 0.820. The molecule has 3 N–H and O–H groups in total. The molecule has 1 rings (SSSR count). The van der Waals surface area contributed by atoms with Crippen molar-refractivity contribution in [1.29, 1.82) is 0 Å². The Morgan fingerprint density at radius 3 is 2.69 bits per heavy atom. The van der Waals surface area contributed by atoms with E-state index < -0.39 is 0 Å². The van der Waals surface area contributed by atoms with E-state index in [4.69, 9.17) is 22.7 Å². The van der Waals surface area contributed by atoms with E-state index in [0.717, 1.165) is 44.0 Å². The van der Waals surface area contributed by atoms with Crippen LogP contribution < -0.4 is 11.1 Å². The van der Waals surface area contributed by atoms with Gasteiger partial charge in [-0.15, -0.1) is 0 Å². The lowest BCUT2D eigenvalue weighted by Crippen LogP contribution is -2.45. The lowest BCUT2D eigenvalue weighted by Gasteiger charge is -2.25. The van der Waals surface area contributed by atoms with Crippen LogP contribution in [0.25, 0.3) is 0 Å². The molecule has 1 aliphatic heterocycles. The molecule has 0 aliphatic carbocycles. The third kappa shape index (κ3) is 4.36. The van der Waals surface area contributed by atoms with Gasteiger partial charge in [-0.25, -0.2) is 0 Å². The van der Waals surface area contributed by atoms with Crippen LogP contribution in [-0.4, -0.2) is 30.8 Å². The van der Waals surface area contributed by atoms with E-state index in [1.807, 2.05) is 0 Å². The van der Waals surface area contributed by atoms with Crippen molar-refractivity contribution in [3.8, 4) is 0 Å². The molecule has 3 nitrogen and oxygen atoms in total. The second-order valence-corrected chi connectivity index (χ2v) is 5.15. The number of hydrogen-bond acceptors (Lipinski definition) is 3. The van der Waals surface area contributed by atoms with Gasteiger partial charge in [-0.3, -0.25) is 0 Å². The van der Waals surface area contributed by atoms with E-state index in [-0.39, 0.29) is 6.04 Å². The van der Waals surface area contributed by atoms with Gasteiger partial charge in [0.05, 0.1) is 11.0 Å². The second kappa shape index (κ2) is 7.20. The third-order valence-corrected chi connectivity index (χ3v) is 3.88. The molecule has 0 aromatic rings. The van der Waals surface area contributed by atoms with E-state index in [2.05, 4.69) is 19.2 Å². The summed E-state index contributed by atoms with van der Waals surface area (Å²) in [6.45, 7) is 7.01. The van der Waals surface area contributed by atoms with Crippen LogP contribution in [0, 0.1) is 11.8 Å². The maximum absolute atomic E-state index is 6.06. The van der Waals surface area contributed by atoms with Crippen LogP contribution in [0.2, 0.25) is 0 Å². The molecule has 0 aromatic heterocycles. The van der Waals surface area contributed by atoms with Gasteiger partial charge >= 0.3 is 0 Å². The molecule has 0 saturated carbocycles. The molecule has 1 aliphatic rings. The summed E-state index contributed by atoms with van der Waals surface area (Å²) in [5, 5.41) is 3.32. The molecular weight excluding hydrogens is 220 g/mol. The molecule has 0 radical (unpaired) electrons. The first-order valence-electron chi connectivity index (χ1n) is 6.26. The average Bonchev–Trinajstić information content (AvgIpc) is 2.35. The van der Waals surface area contributed by atoms with Crippen molar-refractivity contribution < 1.29 is 4.74 Å². The first-order valence-corrected chi connectivity index (χ1v) is 6.67. The highest BCUT2D eigenvalue weighted by Gasteiger charge is 2.18. The first kappa shape index (κ1) is 13.9. The lowest BCUT2D eigenvalue weighted by atomic mass is 9.98. The van der Waals surface area contributed by atoms with Crippen LogP contribution in [0.1, 0.15) is 33.1 Å². The van der Waals surface area contributed by atoms with Crippen molar-refractivity contribution in [3.63, 3.8) is 0 Å². The summed E-state index contributed by atoms with van der Waals surface area (Å²) in [6, 6.07) is -0.000148. The van der Waals surface area contributed by atoms with E-state index in [0.29, 0.717) is 11.8 Å². The molecule has 1 unspecified atom stereocenters. The summed E-state index contributed by atoms with van der Waals surface area (Å²) < 4.78 is 5.32. The monoisotopic (exact) mass is 244 g/mol. The molecule has 0 aromatic carbocycles. The number of nitrogens with one attached hydrogen (secondary N) is 1. The van der Waals surface area contributed by atoms with Gasteiger partial charge in [0.15, 0.2) is 0 Å². The Morgan fingerprint density at radius 2 is 2.12 bits per heavy atom. The highest BCUT2D eigenvalue weighted by Crippen LogP contribution is 2.13. The minimum Gasteiger partial charge on any atom is -0.381 e. The maximum atomic E-state index is 6.06. The third-order valence-electron chi connectivity index (χ3n) is 3.47. The predicted octanol–water partition coefficient (Wildman–Crippen LogP) is 1.70. The minimum atomic E-state index is -0.000148. The largest absolute Gasteiger partial charge is 0.381 e. The van der Waals surface area contributed by atoms with Gasteiger partial charge in [0.25, 0.3) is 0 Å². The molecule has 1 fully saturated rings. The fraction of sp³-hybridized carbons (Fsp3) is 0.917. The highest BCUT2D eigenvalue weighted by atomic mass is 32.1. The van der Waals surface area contributed by atoms with Crippen LogP contribution >= 0.6 is 12.2 Å². The summed E-state index contributed by atoms with van der Waals surface area (Å²) in [6.07, 6.45) is 3.34. The van der Waals surface area contributed by atoms with E-state index in [9.17, 15) is 0 Å². The van der Waals surface area contributed by atoms with Crippen LogP contribution in [0.5, 0.6) is 0 Å². The Balaban J connectivity index is 2.23. The predicted molar refractivity (Wildman–Crippen MR) is 71.6 cm³/mol. The van der Waals surface area contributed by atoms with Crippen LogP contribution in [0.15, 0.2) is 0 Å². The molecule has 0 amide bonds. The Labute approximate surface area is 104 Å². The Bertz CT molecular complexity index is 217. The SMILES string of the molecule is CCC(C)[C@H](N)C(=S)NCC1CCOCC1. The van der Waals surface area contributed by atoms with Crippen molar-refractivity contribution >= 4 is 17.2 Å². The number of thiocarbonyl (C=S) groups is 1. The van der Waals surface area contributed by atoms with Gasteiger partial charge in [0.2, 0.25) is 0 Å². The van der Waals surface area contributed by atoms with Crippen molar-refractivity contribution in [3.05, 3.63) is 0 Å². The molecule has 4 heteroatoms. The summed E-state index contributed by atoms with van der Waals surface area (Å²) in [5.41, 5.74) is 6.06. The quantitative estimate of drug-likeness (QED) is 0.723. The maximum Gasteiger partial charge on any atom is 0.0926 e. The van der Waals surface area contributed by atoms with Gasteiger partial charge in [0.1, 0.15) is 0 Å². The van der Waals surface area contributed by atoms with Gasteiger partial charge in [-0.1, -0.05) is 32.5 Å². The zero-order valence-corrected chi connectivity index (χ0v) is 11.2. The molecular formula is C12H24N2OS. The zero-order chi connectivity index (χ0) is 12.0. The first-order chi connectivity index (χ1) is 7.65. The van der Waals surface area contributed by atoms with E-state index >= 15 is 0 Å². The normalized spacial score (nSPS) is 21.4. The van der Waals surface area contributed by atoms with Crippen molar-refractivity contribution in [2.45, 2.75) is 39.2 Å². The Morgan fingerprint density at radius 1 is 1.50 bits per heavy atom. The molecule has 0 spiro atoms. The van der Waals surface area contributed by atoms with Crippen LogP contribution in [0.4, 0.5) is 0 Å². The number of nitrogens with two attached hydrogens (primary N) is 1. The standard InChI is InChI=1S/C12H24N2OS/c1-3-9(2)11(13)12(16)14-8-10-4-6-15-7-5-10/h9-11H,3-8,13H2,1-2H3,(H,14,16)/t9?,11-/m0/s1. The Kier molecular flexibility index (Phi) is 6.24. The van der Waals surface area contributed by atoms with Crippen molar-refractivity contribution in [2.75, 3.05) is 19.8 Å². The van der Waals surface area contributed by atoms with Gasteiger partial charge < -0.3 is 15.8 Å². The fourth-order valence-electron chi connectivity index (χ4n) is 1.83. The summed E-state index contributed by atoms with van der Waals surface area (Å²) in [7, 11) is 0. The number of rotatable bonds is 5. The Hall–Kier alpha value is -0.190. The van der Waals surface area contributed by atoms with Gasteiger partial charge in [0, 0.05) is 19.8 Å². The van der Waals surface area contributed by atoms with Crippen molar-refractivity contribution in [2.24, 2.45) is 17.6 Å². The molecule has 94 valence electrons. The second-order valence-electron chi connectivity index (χ2n) is 4.71. The van der Waals surface area contributed by atoms with Crippen LogP contribution in [-0.2, 0) is 4.74 Å². The molecule has 1 heterocycles. The zero-order valence-electron chi connectivity index (χ0n) is 10.4. The topological polar surface area (TPSA) is 47.3 Å². The number of hydrogen-bond donors (Lipinski definition) is 2. The number of ether oxygens (including phenoxy) is 1. The van der Waals surface area contributed by atoms with Gasteiger partial charge in [-0.2, -0.15) is 0 Å². The lowest BCUT2D eigenvalue weighted by molar-refractivity contribution is 0.0676. The summed E-state index contributed by atoms with van der Waals surface area (Å²) in [5.74, 6) is 1.14. The van der Waals surface area contributed by atoms with Crippen molar-refractivity contribution in [1.82, 2.24) is 5.32 Å². The summed E-state index contributed by atoms with van der Waals surface area (Å²) >= 11 is 5.32. The molecule has 0 bridgehead atoms. The fourth-order valence-corrected chi connectivity index (χ4v) is 2.14. The minimum absolute atomic E-state index is 0.000148. The molecule has 2 atom stereocenters. The van der Waals surface area contributed by atoms with E-state index in [1.54, 1.807) is 0 Å². The van der Waals surface area contributed by atoms with E-state index in [1.165, 1.54) is 0 Å². The van der Waals surface area contributed by atoms with Crippen LogP contribution in [0.3, 0.4) is 0 Å². The molecule has 1 saturated heterocycles. The molecule has 16 heavy (non-hydrogen) atoms. The smallest absolute Gasteiger partial charge is 0.0926 e. The van der Waals surface area contributed by atoms with Gasteiger partial charge in [-0.05, 0) is 24.7 Å². The average molecular weight is 244 g/mol. The highest BCUT2D eigenvalue weighted by molar-refractivity contribution is 7.80.